The second-order valence-corrected chi connectivity index (χ2v) is 3.70. The summed E-state index contributed by atoms with van der Waals surface area (Å²) in [4.78, 5) is 11.5. The van der Waals surface area contributed by atoms with Gasteiger partial charge in [0, 0.05) is 6.54 Å². The molecule has 1 aliphatic rings. The highest BCUT2D eigenvalue weighted by molar-refractivity contribution is 5.98. The molecule has 0 saturated heterocycles. The molecule has 0 atom stereocenters. The van der Waals surface area contributed by atoms with Crippen molar-refractivity contribution in [2.75, 3.05) is 12.3 Å². The van der Waals surface area contributed by atoms with Gasteiger partial charge in [0.25, 0.3) is 5.91 Å². The first-order valence-electron chi connectivity index (χ1n) is 4.84. The Morgan fingerprint density at radius 2 is 2.50 bits per heavy atom. The highest BCUT2D eigenvalue weighted by Gasteiger charge is 2.19. The summed E-state index contributed by atoms with van der Waals surface area (Å²) in [6.07, 6.45) is 5.18. The maximum Gasteiger partial charge on any atom is 0.256 e. The summed E-state index contributed by atoms with van der Waals surface area (Å²) in [5.41, 5.74) is 5.95. The predicted molar refractivity (Wildman–Crippen MR) is 52.7 cm³/mol. The lowest BCUT2D eigenvalue weighted by Crippen LogP contribution is -2.32. The van der Waals surface area contributed by atoms with Gasteiger partial charge in [0.2, 0.25) is 0 Å². The van der Waals surface area contributed by atoms with Gasteiger partial charge in [-0.2, -0.15) is 5.10 Å². The molecule has 0 spiro atoms. The summed E-state index contributed by atoms with van der Waals surface area (Å²) in [5, 5.41) is 9.07. The topological polar surface area (TPSA) is 83.8 Å². The van der Waals surface area contributed by atoms with E-state index in [1.54, 1.807) is 0 Å². The molecule has 1 aromatic heterocycles. The zero-order chi connectivity index (χ0) is 9.97. The lowest BCUT2D eigenvalue weighted by molar-refractivity contribution is 0.0940. The number of H-pyrrole nitrogens is 1. The Hall–Kier alpha value is -1.52. The summed E-state index contributed by atoms with van der Waals surface area (Å²) < 4.78 is 0. The van der Waals surface area contributed by atoms with E-state index in [0.717, 1.165) is 6.54 Å². The third-order valence-corrected chi connectivity index (χ3v) is 2.69. The highest BCUT2D eigenvalue weighted by atomic mass is 16.1. The second kappa shape index (κ2) is 3.69. The molecule has 0 radical (unpaired) electrons. The second-order valence-electron chi connectivity index (χ2n) is 3.70. The monoisotopic (exact) mass is 194 g/mol. The van der Waals surface area contributed by atoms with Gasteiger partial charge < -0.3 is 11.1 Å². The van der Waals surface area contributed by atoms with Crippen molar-refractivity contribution in [2.45, 2.75) is 19.3 Å². The van der Waals surface area contributed by atoms with Crippen LogP contribution in [0.1, 0.15) is 29.6 Å². The maximum atomic E-state index is 11.5. The van der Waals surface area contributed by atoms with Crippen molar-refractivity contribution in [2.24, 2.45) is 5.92 Å². The number of aromatic nitrogens is 2. The zero-order valence-electron chi connectivity index (χ0n) is 7.92. The minimum atomic E-state index is -0.136. The van der Waals surface area contributed by atoms with Gasteiger partial charge in [-0.25, -0.2) is 0 Å². The van der Waals surface area contributed by atoms with E-state index in [1.165, 1.54) is 25.5 Å². The molecule has 0 aliphatic heterocycles. The lowest BCUT2D eigenvalue weighted by Gasteiger charge is -2.25. The number of nitrogens with one attached hydrogen (secondary N) is 2. The average molecular weight is 194 g/mol. The molecule has 2 rings (SSSR count). The number of nitrogen functional groups attached to an aromatic ring is 1. The number of hydrogen-bond donors (Lipinski definition) is 3. The molecule has 1 aromatic rings. The molecule has 1 heterocycles. The minimum Gasteiger partial charge on any atom is -0.383 e. The minimum absolute atomic E-state index is 0.136. The van der Waals surface area contributed by atoms with E-state index in [-0.39, 0.29) is 5.91 Å². The fourth-order valence-electron chi connectivity index (χ4n) is 1.51. The number of amides is 1. The predicted octanol–water partition coefficient (Wildman–Crippen LogP) is 0.522. The SMILES string of the molecule is Nc1[nH]ncc1C(=O)NCC1CCC1. The number of nitrogens with two attached hydrogens (primary N) is 1. The zero-order valence-corrected chi connectivity index (χ0v) is 7.92. The Bertz CT molecular complexity index is 329. The van der Waals surface area contributed by atoms with Crippen LogP contribution in [0.3, 0.4) is 0 Å². The molecule has 5 heteroatoms. The maximum absolute atomic E-state index is 11.5. The number of carbonyl (C=O) groups is 1. The van der Waals surface area contributed by atoms with Crippen molar-refractivity contribution in [3.05, 3.63) is 11.8 Å². The van der Waals surface area contributed by atoms with Crippen molar-refractivity contribution in [1.29, 1.82) is 0 Å². The lowest BCUT2D eigenvalue weighted by atomic mass is 9.85. The van der Waals surface area contributed by atoms with Gasteiger partial charge in [0.1, 0.15) is 11.4 Å². The quantitative estimate of drug-likeness (QED) is 0.656. The first-order chi connectivity index (χ1) is 6.77. The summed E-state index contributed by atoms with van der Waals surface area (Å²) in [6.45, 7) is 0.753. The fraction of sp³-hybridized carbons (Fsp3) is 0.556. The summed E-state index contributed by atoms with van der Waals surface area (Å²) in [5.74, 6) is 0.853. The van der Waals surface area contributed by atoms with Gasteiger partial charge >= 0.3 is 0 Å². The van der Waals surface area contributed by atoms with Crippen LogP contribution < -0.4 is 11.1 Å². The molecule has 14 heavy (non-hydrogen) atoms. The standard InChI is InChI=1S/C9H14N4O/c10-8-7(5-12-13-8)9(14)11-4-6-2-1-3-6/h5-6H,1-4H2,(H,11,14)(H3,10,12,13). The highest BCUT2D eigenvalue weighted by Crippen LogP contribution is 2.25. The van der Waals surface area contributed by atoms with Crippen LogP contribution >= 0.6 is 0 Å². The van der Waals surface area contributed by atoms with Crippen molar-refractivity contribution in [3.8, 4) is 0 Å². The van der Waals surface area contributed by atoms with Crippen molar-refractivity contribution in [3.63, 3.8) is 0 Å². The number of anilines is 1. The Balaban J connectivity index is 1.86. The van der Waals surface area contributed by atoms with Gasteiger partial charge in [-0.15, -0.1) is 0 Å². The summed E-state index contributed by atoms with van der Waals surface area (Å²) in [7, 11) is 0. The third-order valence-electron chi connectivity index (χ3n) is 2.69. The molecule has 0 unspecified atom stereocenters. The molecule has 4 N–H and O–H groups in total. The van der Waals surface area contributed by atoms with Crippen LogP contribution in [0, 0.1) is 5.92 Å². The molecular weight excluding hydrogens is 180 g/mol. The van der Waals surface area contributed by atoms with Crippen LogP contribution in [0.15, 0.2) is 6.20 Å². The van der Waals surface area contributed by atoms with Crippen LogP contribution in [0.2, 0.25) is 0 Å². The van der Waals surface area contributed by atoms with Crippen molar-refractivity contribution in [1.82, 2.24) is 15.5 Å². The molecule has 5 nitrogen and oxygen atoms in total. The molecular formula is C9H14N4O. The van der Waals surface area contributed by atoms with E-state index in [2.05, 4.69) is 15.5 Å². The molecule has 1 aliphatic carbocycles. The number of carbonyl (C=O) groups excluding carboxylic acids is 1. The summed E-state index contributed by atoms with van der Waals surface area (Å²) in [6, 6.07) is 0. The van der Waals surface area contributed by atoms with Gasteiger partial charge in [0.05, 0.1) is 6.20 Å². The van der Waals surface area contributed by atoms with E-state index < -0.39 is 0 Å². The van der Waals surface area contributed by atoms with Crippen LogP contribution in [0.25, 0.3) is 0 Å². The van der Waals surface area contributed by atoms with Crippen molar-refractivity contribution < 1.29 is 4.79 Å². The number of rotatable bonds is 3. The van der Waals surface area contributed by atoms with Crippen molar-refractivity contribution >= 4 is 11.7 Å². The fourth-order valence-corrected chi connectivity index (χ4v) is 1.51. The molecule has 0 bridgehead atoms. The Kier molecular flexibility index (Phi) is 2.39. The number of nitrogens with zero attached hydrogens (tertiary/aromatic N) is 1. The van der Waals surface area contributed by atoms with E-state index in [9.17, 15) is 4.79 Å². The van der Waals surface area contributed by atoms with Crippen LogP contribution in [0.4, 0.5) is 5.82 Å². The van der Waals surface area contributed by atoms with Crippen LogP contribution in [-0.4, -0.2) is 22.6 Å². The van der Waals surface area contributed by atoms with Crippen LogP contribution in [0.5, 0.6) is 0 Å². The van der Waals surface area contributed by atoms with E-state index >= 15 is 0 Å². The third kappa shape index (κ3) is 1.71. The Labute approximate surface area is 82.1 Å². The van der Waals surface area contributed by atoms with Crippen LogP contribution in [-0.2, 0) is 0 Å². The molecule has 1 saturated carbocycles. The number of hydrogen-bond acceptors (Lipinski definition) is 3. The Morgan fingerprint density at radius 3 is 3.00 bits per heavy atom. The summed E-state index contributed by atoms with van der Waals surface area (Å²) >= 11 is 0. The van der Waals surface area contributed by atoms with E-state index in [4.69, 9.17) is 5.73 Å². The smallest absolute Gasteiger partial charge is 0.256 e. The van der Waals surface area contributed by atoms with E-state index in [0.29, 0.717) is 17.3 Å². The first kappa shape index (κ1) is 9.05. The normalized spacial score (nSPS) is 16.3. The van der Waals surface area contributed by atoms with E-state index in [1.807, 2.05) is 0 Å². The Morgan fingerprint density at radius 1 is 1.71 bits per heavy atom. The van der Waals surface area contributed by atoms with Gasteiger partial charge in [-0.3, -0.25) is 9.89 Å². The van der Waals surface area contributed by atoms with Gasteiger partial charge in [-0.05, 0) is 18.8 Å². The molecule has 0 aromatic carbocycles. The average Bonchev–Trinajstić information content (AvgIpc) is 2.48. The van der Waals surface area contributed by atoms with Gasteiger partial charge in [-0.1, -0.05) is 6.42 Å². The molecule has 1 amide bonds. The molecule has 1 fully saturated rings. The largest absolute Gasteiger partial charge is 0.383 e. The van der Waals surface area contributed by atoms with Gasteiger partial charge in [0.15, 0.2) is 0 Å². The molecule has 76 valence electrons. The first-order valence-corrected chi connectivity index (χ1v) is 4.84. The number of aromatic amines is 1.